The summed E-state index contributed by atoms with van der Waals surface area (Å²) in [5.41, 5.74) is 0. The van der Waals surface area contributed by atoms with Crippen molar-refractivity contribution in [1.82, 2.24) is 0 Å². The normalized spacial score (nSPS) is 0.500. The Kier molecular flexibility index (Phi) is 99.2. The second-order valence-electron chi connectivity index (χ2n) is 0. The van der Waals surface area contributed by atoms with Crippen LogP contribution in [0.25, 0.3) is 0 Å². The molecule has 0 aliphatic carbocycles. The molecule has 0 amide bonds. The van der Waals surface area contributed by atoms with Gasteiger partial charge >= 0.3 is 0 Å². The van der Waals surface area contributed by atoms with Gasteiger partial charge in [-0.15, -0.1) is 0 Å². The summed E-state index contributed by atoms with van der Waals surface area (Å²) in [4.78, 5) is 0. The Balaban J connectivity index is -0.00000000500. The van der Waals surface area contributed by atoms with E-state index in [1.807, 2.05) is 0 Å². The maximum absolute atomic E-state index is 6.25. The van der Waals surface area contributed by atoms with Gasteiger partial charge in [0.1, 0.15) is 0 Å². The topological polar surface area (TPSA) is 23.8 Å². The van der Waals surface area contributed by atoms with Crippen molar-refractivity contribution in [1.29, 1.82) is 5.26 Å². The third kappa shape index (κ3) is 9.42. The van der Waals surface area contributed by atoms with E-state index in [0.29, 0.717) is 0 Å². The van der Waals surface area contributed by atoms with Gasteiger partial charge in [-0.2, -0.15) is 0 Å². The van der Waals surface area contributed by atoms with Crippen LogP contribution in [-0.4, -0.2) is 51.4 Å². The molecule has 0 aromatic rings. The van der Waals surface area contributed by atoms with E-state index in [4.69, 9.17) is 11.8 Å². The molecule has 0 atom stereocenters. The average Bonchev–Trinajstić information content (AvgIpc) is 1.00. The molecule has 0 spiro atoms. The second kappa shape index (κ2) is 22.8. The summed E-state index contributed by atoms with van der Waals surface area (Å²) in [6.07, 6.45) is 0. The van der Waals surface area contributed by atoms with Crippen molar-refractivity contribution < 1.29 is 17.1 Å². The number of nitrogens with zero attached hydrogens (tertiary/aromatic N) is 1. The molecule has 0 rings (SSSR count). The molecule has 3 heteroatoms. The van der Waals surface area contributed by atoms with Crippen LogP contribution in [0.3, 0.4) is 0 Å². The molecule has 0 fully saturated rings. The Hall–Kier alpha value is 1.65. The molecular weight excluding hydrogens is 121 g/mol. The van der Waals surface area contributed by atoms with Crippen LogP contribution < -0.4 is 0 Å². The molecule has 0 aliphatic rings. The van der Waals surface area contributed by atoms with Crippen molar-refractivity contribution in [2.24, 2.45) is 0 Å². The van der Waals surface area contributed by atoms with Crippen molar-refractivity contribution in [2.75, 3.05) is 0 Å². The van der Waals surface area contributed by atoms with Gasteiger partial charge < -0.3 is 11.8 Å². The van der Waals surface area contributed by atoms with Gasteiger partial charge in [0.2, 0.25) is 0 Å². The molecule has 0 N–H and O–H groups in total. The third-order valence-electron chi connectivity index (χ3n) is 0. The molecule has 0 bridgehead atoms. The van der Waals surface area contributed by atoms with Gasteiger partial charge in [0, 0.05) is 68.5 Å². The van der Waals surface area contributed by atoms with E-state index in [1.165, 1.54) is 0 Å². The number of hydrogen-bond donors (Lipinski definition) is 0. The minimum atomic E-state index is 0. The molecular formula is CFeKN-. The summed E-state index contributed by atoms with van der Waals surface area (Å²) in [6.45, 7) is 4.75. The van der Waals surface area contributed by atoms with Gasteiger partial charge in [0.15, 0.2) is 0 Å². The molecule has 0 unspecified atom stereocenters. The van der Waals surface area contributed by atoms with Crippen LogP contribution in [0.1, 0.15) is 0 Å². The fourth-order valence-electron chi connectivity index (χ4n) is 0. The molecule has 0 aromatic carbocycles. The summed E-state index contributed by atoms with van der Waals surface area (Å²) in [6, 6.07) is 0. The summed E-state index contributed by atoms with van der Waals surface area (Å²) in [5.74, 6) is 0. The molecule has 1 nitrogen and oxygen atoms in total. The fourth-order valence-corrected chi connectivity index (χ4v) is 0. The standard InChI is InChI=1S/CN.Fe.K/c1-2;;/q-1;;. The molecule has 0 heterocycles. The van der Waals surface area contributed by atoms with Crippen LogP contribution in [0.4, 0.5) is 0 Å². The van der Waals surface area contributed by atoms with Crippen molar-refractivity contribution >= 4 is 51.4 Å². The van der Waals surface area contributed by atoms with E-state index in [9.17, 15) is 0 Å². The minimum absolute atomic E-state index is 0. The molecule has 0 saturated heterocycles. The summed E-state index contributed by atoms with van der Waals surface area (Å²) >= 11 is 0. The summed E-state index contributed by atoms with van der Waals surface area (Å²) in [5, 5.41) is 6.25. The zero-order valence-corrected chi connectivity index (χ0v) is 6.53. The van der Waals surface area contributed by atoms with Crippen LogP contribution in [0.2, 0.25) is 0 Å². The van der Waals surface area contributed by atoms with Crippen molar-refractivity contribution in [2.45, 2.75) is 0 Å². The molecule has 4 heavy (non-hydrogen) atoms. The van der Waals surface area contributed by atoms with Gasteiger partial charge in [-0.3, -0.25) is 0 Å². The summed E-state index contributed by atoms with van der Waals surface area (Å²) < 4.78 is 0. The number of hydrogen-bond acceptors (Lipinski definition) is 1. The zero-order chi connectivity index (χ0) is 2.00. The van der Waals surface area contributed by atoms with Gasteiger partial charge in [0.05, 0.1) is 0 Å². The fraction of sp³-hybridized carbons (Fsp3) is 0. The smallest absolute Gasteiger partial charge is 0 e. The second-order valence-corrected chi connectivity index (χ2v) is 0. The first-order chi connectivity index (χ1) is 1.00. The van der Waals surface area contributed by atoms with Crippen LogP contribution in [0.5, 0.6) is 0 Å². The van der Waals surface area contributed by atoms with Crippen LogP contribution in [-0.2, 0) is 17.1 Å². The third-order valence-corrected chi connectivity index (χ3v) is 0. The molecule has 0 saturated carbocycles. The molecule has 0 aliphatic heterocycles. The number of rotatable bonds is 0. The largest absolute Gasteiger partial charge is 0.512 e. The maximum atomic E-state index is 6.25. The van der Waals surface area contributed by atoms with Crippen LogP contribution in [0.15, 0.2) is 0 Å². The Bertz CT molecular complexity index is 12.8. The predicted molar refractivity (Wildman–Crippen MR) is 10.7 cm³/mol. The Labute approximate surface area is 78.7 Å². The van der Waals surface area contributed by atoms with Crippen molar-refractivity contribution in [3.63, 3.8) is 0 Å². The zero-order valence-electron chi connectivity index (χ0n) is 2.30. The van der Waals surface area contributed by atoms with E-state index in [-0.39, 0.29) is 68.5 Å². The van der Waals surface area contributed by atoms with Crippen LogP contribution in [0, 0.1) is 11.8 Å². The molecule has 1 radical (unpaired) electrons. The van der Waals surface area contributed by atoms with Crippen LogP contribution >= 0.6 is 0 Å². The first kappa shape index (κ1) is 17.4. The minimum Gasteiger partial charge on any atom is -0.512 e. The maximum Gasteiger partial charge on any atom is 0 e. The first-order valence-corrected chi connectivity index (χ1v) is 0.224. The van der Waals surface area contributed by atoms with Gasteiger partial charge in [0.25, 0.3) is 0 Å². The van der Waals surface area contributed by atoms with Crippen molar-refractivity contribution in [3.05, 3.63) is 6.57 Å². The summed E-state index contributed by atoms with van der Waals surface area (Å²) in [7, 11) is 0. The Morgan fingerprint density at radius 1 is 1.25 bits per heavy atom. The van der Waals surface area contributed by atoms with E-state index in [1.54, 1.807) is 0 Å². The Morgan fingerprint density at radius 3 is 1.25 bits per heavy atom. The quantitative estimate of drug-likeness (QED) is 0.319. The Morgan fingerprint density at radius 2 is 1.25 bits per heavy atom. The van der Waals surface area contributed by atoms with E-state index < -0.39 is 0 Å². The van der Waals surface area contributed by atoms with Gasteiger partial charge in [-0.1, -0.05) is 0 Å². The predicted octanol–water partition coefficient (Wildman–Crippen LogP) is -0.287. The van der Waals surface area contributed by atoms with E-state index in [0.717, 1.165) is 0 Å². The monoisotopic (exact) mass is 121 g/mol. The van der Waals surface area contributed by atoms with Gasteiger partial charge in [-0.25, -0.2) is 0 Å². The first-order valence-electron chi connectivity index (χ1n) is 0.224. The SMILES string of the molecule is [C-]#N.[Fe].[K]. The van der Waals surface area contributed by atoms with Gasteiger partial charge in [-0.05, 0) is 0 Å². The van der Waals surface area contributed by atoms with Crippen molar-refractivity contribution in [3.8, 4) is 0 Å². The average molecular weight is 121 g/mol. The molecule has 0 aromatic heterocycles. The van der Waals surface area contributed by atoms with E-state index in [2.05, 4.69) is 0 Å². The molecule has 19 valence electrons. The van der Waals surface area contributed by atoms with E-state index >= 15 is 0 Å².